The molecule has 1 saturated heterocycles. The van der Waals surface area contributed by atoms with E-state index in [0.717, 1.165) is 43.7 Å². The highest BCUT2D eigenvalue weighted by Gasteiger charge is 2.51. The van der Waals surface area contributed by atoms with E-state index in [1.165, 1.54) is 12.2 Å². The minimum Gasteiger partial charge on any atom is -0.493 e. The molecule has 5 unspecified atom stereocenters. The minimum atomic E-state index is -0.814. The van der Waals surface area contributed by atoms with Crippen LogP contribution in [-0.2, 0) is 9.53 Å². The fourth-order valence-corrected chi connectivity index (χ4v) is 4.49. The van der Waals surface area contributed by atoms with Crippen LogP contribution in [0.3, 0.4) is 0 Å². The number of aliphatic imine (C=N–C) groups is 1. The number of carboxylic acids is 1. The van der Waals surface area contributed by atoms with Gasteiger partial charge in [-0.15, -0.1) is 0 Å². The van der Waals surface area contributed by atoms with Crippen LogP contribution in [0.4, 0.5) is 4.39 Å². The largest absolute Gasteiger partial charge is 0.493 e. The Morgan fingerprint density at radius 2 is 2.25 bits per heavy atom. The molecule has 0 spiro atoms. The van der Waals surface area contributed by atoms with Crippen LogP contribution < -0.4 is 0 Å². The second-order valence-electron chi connectivity index (χ2n) is 7.18. The number of hydrogen-bond donors (Lipinski definition) is 1. The molecule has 4 nitrogen and oxygen atoms in total. The Labute approximate surface area is 140 Å². The standard InChI is InChI=1S/C19H22FNO3/c20-13-6-4-11(5-7-13)18-17(19(22)23)14-9-12-3-1-2-8-21-15(12)10-16(14)24-18/h4,6-7,10-12,14,17-18H,1-3,5,8-9H2,(H,22,23). The van der Waals surface area contributed by atoms with Gasteiger partial charge in [0, 0.05) is 30.0 Å². The lowest BCUT2D eigenvalue weighted by atomic mass is 9.73. The van der Waals surface area contributed by atoms with Crippen molar-refractivity contribution in [1.82, 2.24) is 0 Å². The highest BCUT2D eigenvalue weighted by molar-refractivity contribution is 5.98. The van der Waals surface area contributed by atoms with Gasteiger partial charge in [0.25, 0.3) is 0 Å². The van der Waals surface area contributed by atoms with Gasteiger partial charge in [-0.3, -0.25) is 9.79 Å². The summed E-state index contributed by atoms with van der Waals surface area (Å²) in [5.41, 5.74) is 1.08. The summed E-state index contributed by atoms with van der Waals surface area (Å²) < 4.78 is 19.3. The van der Waals surface area contributed by atoms with Gasteiger partial charge >= 0.3 is 5.97 Å². The van der Waals surface area contributed by atoms with Gasteiger partial charge in [-0.2, -0.15) is 0 Å². The lowest BCUT2D eigenvalue weighted by Gasteiger charge is -2.27. The summed E-state index contributed by atoms with van der Waals surface area (Å²) in [4.78, 5) is 16.6. The first kappa shape index (κ1) is 15.6. The number of hydrogen-bond acceptors (Lipinski definition) is 3. The van der Waals surface area contributed by atoms with Crippen molar-refractivity contribution in [2.75, 3.05) is 6.54 Å². The maximum absolute atomic E-state index is 13.2. The van der Waals surface area contributed by atoms with Crippen LogP contribution in [0.5, 0.6) is 0 Å². The van der Waals surface area contributed by atoms with E-state index >= 15 is 0 Å². The first-order chi connectivity index (χ1) is 11.6. The highest BCUT2D eigenvalue weighted by Crippen LogP contribution is 2.47. The summed E-state index contributed by atoms with van der Waals surface area (Å²) in [6.45, 7) is 0.849. The molecule has 1 N–H and O–H groups in total. The molecule has 24 heavy (non-hydrogen) atoms. The molecule has 128 valence electrons. The number of rotatable bonds is 2. The predicted octanol–water partition coefficient (Wildman–Crippen LogP) is 3.66. The van der Waals surface area contributed by atoms with Crippen LogP contribution in [-0.4, -0.2) is 29.4 Å². The summed E-state index contributed by atoms with van der Waals surface area (Å²) in [7, 11) is 0. The van der Waals surface area contributed by atoms with Gasteiger partial charge in [-0.1, -0.05) is 12.5 Å². The van der Waals surface area contributed by atoms with Crippen LogP contribution >= 0.6 is 0 Å². The zero-order valence-electron chi connectivity index (χ0n) is 13.5. The molecular formula is C19H22FNO3. The van der Waals surface area contributed by atoms with Crippen molar-refractivity contribution in [2.45, 2.75) is 38.2 Å². The smallest absolute Gasteiger partial charge is 0.311 e. The molecule has 0 bridgehead atoms. The van der Waals surface area contributed by atoms with Crippen LogP contribution in [0.1, 0.15) is 32.1 Å². The molecule has 2 heterocycles. The van der Waals surface area contributed by atoms with Crippen LogP contribution in [0.15, 0.2) is 40.9 Å². The number of allylic oxidation sites excluding steroid dienone is 5. The third-order valence-corrected chi connectivity index (χ3v) is 5.72. The third kappa shape index (κ3) is 2.70. The summed E-state index contributed by atoms with van der Waals surface area (Å²) in [5, 5.41) is 9.81. The number of carboxylic acid groups (broad SMARTS) is 1. The van der Waals surface area contributed by atoms with Crippen LogP contribution in [0, 0.1) is 23.7 Å². The van der Waals surface area contributed by atoms with Crippen molar-refractivity contribution in [2.24, 2.45) is 28.7 Å². The molecule has 2 aliphatic carbocycles. The normalized spacial score (nSPS) is 38.0. The Bertz CT molecular complexity index is 664. The first-order valence-electron chi connectivity index (χ1n) is 8.83. The lowest BCUT2D eigenvalue weighted by Crippen LogP contribution is -2.35. The maximum Gasteiger partial charge on any atom is 0.311 e. The highest BCUT2D eigenvalue weighted by atomic mass is 19.1. The molecule has 1 fully saturated rings. The van der Waals surface area contributed by atoms with Crippen molar-refractivity contribution < 1.29 is 19.0 Å². The molecule has 0 aromatic heterocycles. The quantitative estimate of drug-likeness (QED) is 0.840. The van der Waals surface area contributed by atoms with Crippen molar-refractivity contribution in [3.8, 4) is 0 Å². The number of halogens is 1. The average molecular weight is 331 g/mol. The zero-order chi connectivity index (χ0) is 16.7. The number of carbonyl (C=O) groups is 1. The van der Waals surface area contributed by atoms with Crippen molar-refractivity contribution >= 4 is 11.7 Å². The zero-order valence-corrected chi connectivity index (χ0v) is 13.5. The molecule has 5 atom stereocenters. The topological polar surface area (TPSA) is 58.9 Å². The van der Waals surface area contributed by atoms with Gasteiger partial charge in [-0.05, 0) is 43.9 Å². The van der Waals surface area contributed by atoms with Gasteiger partial charge < -0.3 is 9.84 Å². The summed E-state index contributed by atoms with van der Waals surface area (Å²) in [6, 6.07) is 0. The minimum absolute atomic E-state index is 0.0845. The number of ether oxygens (including phenoxy) is 1. The predicted molar refractivity (Wildman–Crippen MR) is 88.3 cm³/mol. The second-order valence-corrected chi connectivity index (χ2v) is 7.18. The van der Waals surface area contributed by atoms with Gasteiger partial charge in [0.05, 0.1) is 0 Å². The molecule has 0 radical (unpaired) electrons. The van der Waals surface area contributed by atoms with Crippen LogP contribution in [0.2, 0.25) is 0 Å². The summed E-state index contributed by atoms with van der Waals surface area (Å²) in [5.74, 6) is -0.694. The van der Waals surface area contributed by atoms with E-state index in [2.05, 4.69) is 4.99 Å². The fraction of sp³-hybridized carbons (Fsp3) is 0.579. The van der Waals surface area contributed by atoms with Crippen molar-refractivity contribution in [3.63, 3.8) is 0 Å². The Kier molecular flexibility index (Phi) is 4.02. The molecule has 0 amide bonds. The Hall–Kier alpha value is -1.91. The Morgan fingerprint density at radius 1 is 1.38 bits per heavy atom. The van der Waals surface area contributed by atoms with Crippen molar-refractivity contribution in [3.05, 3.63) is 35.9 Å². The SMILES string of the molecule is O=C(O)C1C2CC3CCCCN=C3C=C2OC1C1C=CC(F)=CC1. The summed E-state index contributed by atoms with van der Waals surface area (Å²) in [6.07, 6.45) is 10.9. The number of fused-ring (bicyclic) bond motifs is 2. The first-order valence-corrected chi connectivity index (χ1v) is 8.83. The van der Waals surface area contributed by atoms with E-state index in [1.807, 2.05) is 6.08 Å². The molecular weight excluding hydrogens is 309 g/mol. The van der Waals surface area contributed by atoms with E-state index in [9.17, 15) is 14.3 Å². The number of aliphatic carboxylic acids is 1. The molecule has 4 rings (SSSR count). The molecule has 0 aromatic carbocycles. The maximum atomic E-state index is 13.2. The molecule has 2 aliphatic heterocycles. The van der Waals surface area contributed by atoms with E-state index < -0.39 is 18.0 Å². The van der Waals surface area contributed by atoms with E-state index in [-0.39, 0.29) is 17.7 Å². The van der Waals surface area contributed by atoms with Gasteiger partial charge in [-0.25, -0.2) is 4.39 Å². The summed E-state index contributed by atoms with van der Waals surface area (Å²) >= 11 is 0. The monoisotopic (exact) mass is 331 g/mol. The van der Waals surface area contributed by atoms with E-state index in [4.69, 9.17) is 4.74 Å². The Morgan fingerprint density at radius 3 is 3.00 bits per heavy atom. The van der Waals surface area contributed by atoms with E-state index in [0.29, 0.717) is 12.3 Å². The second kappa shape index (κ2) is 6.19. The van der Waals surface area contributed by atoms with Gasteiger partial charge in [0.2, 0.25) is 0 Å². The third-order valence-electron chi connectivity index (χ3n) is 5.72. The van der Waals surface area contributed by atoms with Crippen LogP contribution in [0.25, 0.3) is 0 Å². The molecule has 0 saturated carbocycles. The molecule has 0 aromatic rings. The van der Waals surface area contributed by atoms with Gasteiger partial charge in [0.1, 0.15) is 23.6 Å². The van der Waals surface area contributed by atoms with Crippen molar-refractivity contribution in [1.29, 1.82) is 0 Å². The molecule has 5 heteroatoms. The Balaban J connectivity index is 1.63. The van der Waals surface area contributed by atoms with E-state index in [1.54, 1.807) is 6.08 Å². The average Bonchev–Trinajstić information content (AvgIpc) is 2.77. The number of nitrogens with zero attached hydrogens (tertiary/aromatic N) is 1. The van der Waals surface area contributed by atoms with Gasteiger partial charge in [0.15, 0.2) is 0 Å². The fourth-order valence-electron chi connectivity index (χ4n) is 4.49. The molecule has 4 aliphatic rings. The lowest BCUT2D eigenvalue weighted by molar-refractivity contribution is -0.145.